The second-order valence-corrected chi connectivity index (χ2v) is 5.17. The number of carbonyl (C=O) groups is 1. The van der Waals surface area contributed by atoms with Crippen LogP contribution in [0.3, 0.4) is 0 Å². The molecule has 4 N–H and O–H groups in total. The van der Waals surface area contributed by atoms with Gasteiger partial charge in [0.25, 0.3) is 5.91 Å². The van der Waals surface area contributed by atoms with Crippen LogP contribution in [0.1, 0.15) is 34.6 Å². The monoisotopic (exact) mass is 276 g/mol. The molecule has 0 saturated carbocycles. The van der Waals surface area contributed by atoms with Gasteiger partial charge in [0, 0.05) is 4.88 Å². The van der Waals surface area contributed by atoms with Gasteiger partial charge in [-0.15, -0.1) is 11.3 Å². The number of anilines is 1. The summed E-state index contributed by atoms with van der Waals surface area (Å²) < 4.78 is 0. The first-order valence-corrected chi connectivity index (χ1v) is 6.93. The lowest BCUT2D eigenvalue weighted by Gasteiger charge is -2.16. The number of nitrogen functional groups attached to an aromatic ring is 1. The number of phenolic OH excluding ortho intramolecular Hbond substituents is 1. The fourth-order valence-corrected chi connectivity index (χ4v) is 2.71. The molecule has 0 spiro atoms. The quantitative estimate of drug-likeness (QED) is 0.593. The summed E-state index contributed by atoms with van der Waals surface area (Å²) in [6, 6.07) is 8.65. The molecule has 1 atom stereocenters. The predicted molar refractivity (Wildman–Crippen MR) is 77.3 cm³/mol. The smallest absolute Gasteiger partial charge is 0.255 e. The molecule has 4 nitrogen and oxygen atoms in total. The molecular formula is C14H16N2O2S. The highest BCUT2D eigenvalue weighted by Gasteiger charge is 2.18. The SMILES string of the molecule is CCC(NC(=O)c1cccc(N)c1O)c1cccs1. The molecule has 0 bridgehead atoms. The molecule has 1 amide bonds. The Morgan fingerprint density at radius 1 is 1.42 bits per heavy atom. The van der Waals surface area contributed by atoms with Crippen molar-refractivity contribution in [2.24, 2.45) is 0 Å². The van der Waals surface area contributed by atoms with Gasteiger partial charge in [-0.05, 0) is 30.0 Å². The Bertz CT molecular complexity index is 567. The van der Waals surface area contributed by atoms with E-state index in [0.717, 1.165) is 11.3 Å². The van der Waals surface area contributed by atoms with Crippen LogP contribution in [0.25, 0.3) is 0 Å². The molecule has 0 aliphatic rings. The molecule has 2 aromatic rings. The van der Waals surface area contributed by atoms with E-state index in [2.05, 4.69) is 5.32 Å². The van der Waals surface area contributed by atoms with Gasteiger partial charge >= 0.3 is 0 Å². The number of para-hydroxylation sites is 1. The van der Waals surface area contributed by atoms with E-state index in [1.165, 1.54) is 0 Å². The minimum Gasteiger partial charge on any atom is -0.505 e. The molecule has 5 heteroatoms. The molecule has 1 heterocycles. The zero-order valence-corrected chi connectivity index (χ0v) is 11.4. The molecular weight excluding hydrogens is 260 g/mol. The number of phenols is 1. The maximum Gasteiger partial charge on any atom is 0.255 e. The number of hydrogen-bond donors (Lipinski definition) is 3. The van der Waals surface area contributed by atoms with Crippen LogP contribution in [0.15, 0.2) is 35.7 Å². The molecule has 0 saturated heterocycles. The number of nitrogens with one attached hydrogen (secondary N) is 1. The highest BCUT2D eigenvalue weighted by molar-refractivity contribution is 7.10. The van der Waals surface area contributed by atoms with Crippen LogP contribution >= 0.6 is 11.3 Å². The minimum absolute atomic E-state index is 0.0478. The number of hydrogen-bond acceptors (Lipinski definition) is 4. The third-order valence-corrected chi connectivity index (χ3v) is 3.90. The Morgan fingerprint density at radius 3 is 2.84 bits per heavy atom. The third kappa shape index (κ3) is 2.88. The van der Waals surface area contributed by atoms with Crippen molar-refractivity contribution < 1.29 is 9.90 Å². The van der Waals surface area contributed by atoms with E-state index in [9.17, 15) is 9.90 Å². The summed E-state index contributed by atoms with van der Waals surface area (Å²) in [4.78, 5) is 13.3. The van der Waals surface area contributed by atoms with Crippen LogP contribution < -0.4 is 11.1 Å². The second kappa shape index (κ2) is 5.75. The maximum absolute atomic E-state index is 12.2. The standard InChI is InChI=1S/C14H16N2O2S/c1-2-11(12-7-4-8-19-12)16-14(18)9-5-3-6-10(15)13(9)17/h3-8,11,17H,2,15H2,1H3,(H,16,18). The van der Waals surface area contributed by atoms with Crippen molar-refractivity contribution in [2.75, 3.05) is 5.73 Å². The van der Waals surface area contributed by atoms with E-state index in [4.69, 9.17) is 5.73 Å². The van der Waals surface area contributed by atoms with Gasteiger partial charge in [-0.25, -0.2) is 0 Å². The Labute approximate surface area is 115 Å². The molecule has 100 valence electrons. The lowest BCUT2D eigenvalue weighted by molar-refractivity contribution is 0.0933. The van der Waals surface area contributed by atoms with Crippen LogP contribution in [0, 0.1) is 0 Å². The van der Waals surface area contributed by atoms with Crippen molar-refractivity contribution in [2.45, 2.75) is 19.4 Å². The van der Waals surface area contributed by atoms with E-state index in [0.29, 0.717) is 0 Å². The first kappa shape index (κ1) is 13.4. The topological polar surface area (TPSA) is 75.4 Å². The van der Waals surface area contributed by atoms with Crippen molar-refractivity contribution >= 4 is 22.9 Å². The van der Waals surface area contributed by atoms with Crippen LogP contribution in [-0.4, -0.2) is 11.0 Å². The van der Waals surface area contributed by atoms with Crippen molar-refractivity contribution in [3.63, 3.8) is 0 Å². The predicted octanol–water partition coefficient (Wildman–Crippen LogP) is 2.92. The maximum atomic E-state index is 12.2. The van der Waals surface area contributed by atoms with E-state index in [-0.39, 0.29) is 28.9 Å². The van der Waals surface area contributed by atoms with Gasteiger partial charge in [0.05, 0.1) is 17.3 Å². The number of amides is 1. The van der Waals surface area contributed by atoms with Gasteiger partial charge in [0.15, 0.2) is 5.75 Å². The lowest BCUT2D eigenvalue weighted by atomic mass is 10.1. The Kier molecular flexibility index (Phi) is 4.06. The molecule has 0 fully saturated rings. The van der Waals surface area contributed by atoms with E-state index in [1.54, 1.807) is 29.5 Å². The summed E-state index contributed by atoms with van der Waals surface area (Å²) in [7, 11) is 0. The van der Waals surface area contributed by atoms with E-state index >= 15 is 0 Å². The van der Waals surface area contributed by atoms with Gasteiger partial charge in [-0.2, -0.15) is 0 Å². The fraction of sp³-hybridized carbons (Fsp3) is 0.214. The number of carbonyl (C=O) groups excluding carboxylic acids is 1. The van der Waals surface area contributed by atoms with Crippen molar-refractivity contribution in [3.8, 4) is 5.75 Å². The molecule has 2 rings (SSSR count). The van der Waals surface area contributed by atoms with Crippen LogP contribution in [0.5, 0.6) is 5.75 Å². The Hall–Kier alpha value is -2.01. The van der Waals surface area contributed by atoms with Gasteiger partial charge in [-0.1, -0.05) is 19.1 Å². The second-order valence-electron chi connectivity index (χ2n) is 4.19. The van der Waals surface area contributed by atoms with Gasteiger partial charge in [0.2, 0.25) is 0 Å². The molecule has 1 aromatic heterocycles. The fourth-order valence-electron chi connectivity index (χ4n) is 1.84. The van der Waals surface area contributed by atoms with E-state index < -0.39 is 0 Å². The van der Waals surface area contributed by atoms with Crippen LogP contribution in [0.4, 0.5) is 5.69 Å². The Balaban J connectivity index is 2.18. The number of aromatic hydroxyl groups is 1. The first-order chi connectivity index (χ1) is 9.13. The highest BCUT2D eigenvalue weighted by Crippen LogP contribution is 2.26. The normalized spacial score (nSPS) is 12.1. The summed E-state index contributed by atoms with van der Waals surface area (Å²) in [6.07, 6.45) is 0.787. The van der Waals surface area contributed by atoms with Crippen molar-refractivity contribution in [1.82, 2.24) is 5.32 Å². The van der Waals surface area contributed by atoms with Crippen molar-refractivity contribution in [3.05, 3.63) is 46.2 Å². The summed E-state index contributed by atoms with van der Waals surface area (Å²) in [5.74, 6) is -0.480. The van der Waals surface area contributed by atoms with Crippen molar-refractivity contribution in [1.29, 1.82) is 0 Å². The third-order valence-electron chi connectivity index (χ3n) is 2.91. The summed E-state index contributed by atoms with van der Waals surface area (Å²) in [5, 5.41) is 14.7. The van der Waals surface area contributed by atoms with Crippen LogP contribution in [-0.2, 0) is 0 Å². The highest BCUT2D eigenvalue weighted by atomic mass is 32.1. The number of nitrogens with two attached hydrogens (primary N) is 1. The lowest BCUT2D eigenvalue weighted by Crippen LogP contribution is -2.27. The first-order valence-electron chi connectivity index (χ1n) is 6.05. The number of rotatable bonds is 4. The summed E-state index contributed by atoms with van der Waals surface area (Å²) >= 11 is 1.60. The average molecular weight is 276 g/mol. The molecule has 1 aromatic carbocycles. The largest absolute Gasteiger partial charge is 0.505 e. The zero-order chi connectivity index (χ0) is 13.8. The van der Waals surface area contributed by atoms with Gasteiger partial charge in [-0.3, -0.25) is 4.79 Å². The van der Waals surface area contributed by atoms with E-state index in [1.807, 2.05) is 24.4 Å². The summed E-state index contributed by atoms with van der Waals surface area (Å²) in [5.41, 5.74) is 6.00. The number of thiophene rings is 1. The molecule has 0 radical (unpaired) electrons. The molecule has 0 aliphatic heterocycles. The molecule has 19 heavy (non-hydrogen) atoms. The summed E-state index contributed by atoms with van der Waals surface area (Å²) in [6.45, 7) is 2.00. The average Bonchev–Trinajstić information content (AvgIpc) is 2.92. The molecule has 1 unspecified atom stereocenters. The number of benzene rings is 1. The Morgan fingerprint density at radius 2 is 2.21 bits per heavy atom. The molecule has 0 aliphatic carbocycles. The minimum atomic E-state index is -0.315. The van der Waals surface area contributed by atoms with Gasteiger partial charge < -0.3 is 16.2 Å². The van der Waals surface area contributed by atoms with Gasteiger partial charge in [0.1, 0.15) is 0 Å². The zero-order valence-electron chi connectivity index (χ0n) is 10.6. The van der Waals surface area contributed by atoms with Crippen LogP contribution in [0.2, 0.25) is 0 Å².